The molecule has 12 nitrogen and oxygen atoms in total. The van der Waals surface area contributed by atoms with E-state index in [0.29, 0.717) is 17.1 Å². The van der Waals surface area contributed by atoms with E-state index in [2.05, 4.69) is 20.4 Å². The van der Waals surface area contributed by atoms with Gasteiger partial charge in [-0.15, -0.1) is 23.1 Å². The van der Waals surface area contributed by atoms with Crippen molar-refractivity contribution in [1.82, 2.24) is 20.2 Å². The number of amides is 2. The van der Waals surface area contributed by atoms with Gasteiger partial charge in [0.15, 0.2) is 10.8 Å². The minimum Gasteiger partial charge on any atom is -0.477 e. The first-order valence-corrected chi connectivity index (χ1v) is 14.4. The predicted molar refractivity (Wildman–Crippen MR) is 141 cm³/mol. The Balaban J connectivity index is 1.31. The van der Waals surface area contributed by atoms with Gasteiger partial charge in [-0.1, -0.05) is 28.3 Å². The lowest BCUT2D eigenvalue weighted by Crippen LogP contribution is -2.71. The van der Waals surface area contributed by atoms with Gasteiger partial charge in [0.1, 0.15) is 34.6 Å². The number of carbonyl (C=O) groups excluding carboxylic acids is 2. The van der Waals surface area contributed by atoms with Crippen molar-refractivity contribution in [2.45, 2.75) is 15.8 Å². The molecule has 1 fully saturated rings. The van der Waals surface area contributed by atoms with E-state index in [0.717, 1.165) is 26.0 Å². The van der Waals surface area contributed by atoms with Gasteiger partial charge >= 0.3 is 11.6 Å². The number of nitrogens with zero attached hydrogens (tertiary/aromatic N) is 5. The van der Waals surface area contributed by atoms with Gasteiger partial charge in [-0.05, 0) is 22.7 Å². The van der Waals surface area contributed by atoms with Crippen molar-refractivity contribution < 1.29 is 28.9 Å². The number of thiazole rings is 2. The maximum absolute atomic E-state index is 13.0. The molecule has 0 aliphatic carbocycles. The Bertz CT molecular complexity index is 1480. The molecule has 2 aliphatic rings. The highest BCUT2D eigenvalue weighted by Gasteiger charge is 2.54. The third-order valence-corrected chi connectivity index (χ3v) is 9.83. The zero-order valence-electron chi connectivity index (χ0n) is 19.4. The van der Waals surface area contributed by atoms with Gasteiger partial charge in [-0.3, -0.25) is 14.5 Å². The summed E-state index contributed by atoms with van der Waals surface area (Å²) in [5.74, 6) is -1.59. The zero-order chi connectivity index (χ0) is 26.3. The standard InChI is InChI=1S/C21H19N7O5S4/c1-27-5-3-4-11-15(27)25-21(37-11)36-7-9-6-34-18-13(17(30)28(18)14(9)19(31)32)24-16(29)12(26-33-2)10-8-35-20(22)23-10/h3-5,8,13,18H,6-7H2,1-2H3,(H3-,22,23,24,29,31,32)/p+1/t13?,18-/m0/s1. The number of nitrogens with one attached hydrogen (secondary N) is 1. The van der Waals surface area contributed by atoms with Crippen molar-refractivity contribution in [3.63, 3.8) is 0 Å². The number of oxime groups is 1. The maximum atomic E-state index is 13.0. The molecule has 192 valence electrons. The summed E-state index contributed by atoms with van der Waals surface area (Å²) in [7, 11) is 3.20. The fourth-order valence-electron chi connectivity index (χ4n) is 3.90. The molecule has 1 unspecified atom stereocenters. The third kappa shape index (κ3) is 4.76. The highest BCUT2D eigenvalue weighted by molar-refractivity contribution is 8.02. The van der Waals surface area contributed by atoms with Crippen molar-refractivity contribution >= 4 is 85.2 Å². The Hall–Kier alpha value is -3.21. The first-order chi connectivity index (χ1) is 17.8. The Labute approximate surface area is 226 Å². The second-order valence-corrected chi connectivity index (χ2v) is 12.1. The van der Waals surface area contributed by atoms with E-state index in [1.165, 1.54) is 46.9 Å². The number of aromatic nitrogens is 3. The second kappa shape index (κ2) is 10.3. The average Bonchev–Trinajstić information content (AvgIpc) is 3.50. The number of rotatable bonds is 8. The van der Waals surface area contributed by atoms with Gasteiger partial charge in [0.05, 0.1) is 13.2 Å². The van der Waals surface area contributed by atoms with Crippen LogP contribution >= 0.6 is 46.2 Å². The van der Waals surface area contributed by atoms with E-state index in [-0.39, 0.29) is 22.2 Å². The van der Waals surface area contributed by atoms with Crippen LogP contribution in [0, 0.1) is 0 Å². The molecule has 5 rings (SSSR count). The summed E-state index contributed by atoms with van der Waals surface area (Å²) in [6, 6.07) is 3.02. The van der Waals surface area contributed by atoms with Gasteiger partial charge in [0.25, 0.3) is 16.2 Å². The minimum absolute atomic E-state index is 0.0449. The molecule has 0 spiro atoms. The van der Waals surface area contributed by atoms with E-state index >= 15 is 0 Å². The highest BCUT2D eigenvalue weighted by atomic mass is 32.2. The van der Waals surface area contributed by atoms with Crippen molar-refractivity contribution in [2.24, 2.45) is 12.2 Å². The summed E-state index contributed by atoms with van der Waals surface area (Å²) >= 11 is 5.50. The number of hydrogen-bond donors (Lipinski definition) is 3. The number of nitrogen functional groups attached to an aromatic ring is 1. The number of aliphatic carboxylic acids is 1. The van der Waals surface area contributed by atoms with Crippen LogP contribution in [0.25, 0.3) is 10.3 Å². The zero-order valence-corrected chi connectivity index (χ0v) is 22.7. The van der Waals surface area contributed by atoms with Crippen molar-refractivity contribution in [1.29, 1.82) is 0 Å². The number of β-lactam (4-membered cyclic amide) rings is 1. The lowest BCUT2D eigenvalue weighted by atomic mass is 10.0. The molecule has 1 saturated heterocycles. The van der Waals surface area contributed by atoms with E-state index in [1.54, 1.807) is 5.38 Å². The van der Waals surface area contributed by atoms with E-state index in [4.69, 9.17) is 10.6 Å². The lowest BCUT2D eigenvalue weighted by Gasteiger charge is -2.49. The number of carboxylic acids is 1. The fraction of sp³-hybridized carbons (Fsp3) is 0.286. The molecule has 5 heterocycles. The Morgan fingerprint density at radius 3 is 2.92 bits per heavy atom. The Kier molecular flexibility index (Phi) is 7.06. The summed E-state index contributed by atoms with van der Waals surface area (Å²) in [5, 5.41) is 17.6. The van der Waals surface area contributed by atoms with Gasteiger partial charge in [0.2, 0.25) is 0 Å². The number of anilines is 1. The minimum atomic E-state index is -1.19. The summed E-state index contributed by atoms with van der Waals surface area (Å²) in [4.78, 5) is 52.8. The monoisotopic (exact) mass is 578 g/mol. The normalized spacial score (nSPS) is 19.6. The van der Waals surface area contributed by atoms with Gasteiger partial charge in [-0.2, -0.15) is 0 Å². The number of thioether (sulfide) groups is 2. The van der Waals surface area contributed by atoms with E-state index in [1.807, 2.05) is 29.9 Å². The number of hydrogen-bond acceptors (Lipinski definition) is 12. The highest BCUT2D eigenvalue weighted by Crippen LogP contribution is 2.42. The molecule has 2 atom stereocenters. The van der Waals surface area contributed by atoms with Crippen molar-refractivity contribution in [2.75, 3.05) is 24.3 Å². The number of aryl methyl sites for hydroxylation is 1. The summed E-state index contributed by atoms with van der Waals surface area (Å²) in [6.45, 7) is 0. The summed E-state index contributed by atoms with van der Waals surface area (Å²) < 4.78 is 3.78. The molecule has 4 N–H and O–H groups in total. The molecule has 0 radical (unpaired) electrons. The topological polar surface area (TPSA) is 164 Å². The van der Waals surface area contributed by atoms with E-state index < -0.39 is 29.2 Å². The lowest BCUT2D eigenvalue weighted by molar-refractivity contribution is -0.646. The second-order valence-electron chi connectivity index (χ2n) is 7.89. The molecular weight excluding hydrogens is 559 g/mol. The average molecular weight is 579 g/mol. The molecule has 0 aromatic carbocycles. The van der Waals surface area contributed by atoms with Crippen LogP contribution in [0.15, 0.2) is 44.5 Å². The molecule has 3 aromatic rings. The summed E-state index contributed by atoms with van der Waals surface area (Å²) in [5.41, 5.74) is 7.18. The molecule has 16 heteroatoms. The fourth-order valence-corrected chi connectivity index (χ4v) is 8.04. The number of carboxylic acid groups (broad SMARTS) is 1. The van der Waals surface area contributed by atoms with Gasteiger partial charge in [0, 0.05) is 16.9 Å². The maximum Gasteiger partial charge on any atom is 0.352 e. The molecule has 37 heavy (non-hydrogen) atoms. The van der Waals surface area contributed by atoms with Crippen LogP contribution in [0.3, 0.4) is 0 Å². The van der Waals surface area contributed by atoms with E-state index in [9.17, 15) is 19.5 Å². The van der Waals surface area contributed by atoms with Crippen LogP contribution in [0.5, 0.6) is 0 Å². The molecule has 0 bridgehead atoms. The molecular formula is C21H20N7O5S4+. The summed E-state index contributed by atoms with van der Waals surface area (Å²) in [6.07, 6.45) is 1.92. The number of pyridine rings is 1. The quantitative estimate of drug-likeness (QED) is 0.116. The predicted octanol–water partition coefficient (Wildman–Crippen LogP) is 1.04. The third-order valence-electron chi connectivity index (χ3n) is 5.57. The van der Waals surface area contributed by atoms with Crippen LogP contribution in [-0.4, -0.2) is 73.5 Å². The first-order valence-electron chi connectivity index (χ1n) is 10.7. The molecule has 0 saturated carbocycles. The first kappa shape index (κ1) is 25.4. The Morgan fingerprint density at radius 2 is 2.24 bits per heavy atom. The SMILES string of the molecule is CON=C(C(=O)NC1C(=O)N2C(C(=O)O)=C(CSc3nc4c(ccc[n+]4C)s3)CS[C@@H]12)c1csc(N)n1. The Morgan fingerprint density at radius 1 is 1.43 bits per heavy atom. The smallest absolute Gasteiger partial charge is 0.352 e. The van der Waals surface area contributed by atoms with Crippen LogP contribution in [-0.2, 0) is 26.3 Å². The van der Waals surface area contributed by atoms with Gasteiger partial charge < -0.3 is 21.0 Å². The largest absolute Gasteiger partial charge is 0.477 e. The van der Waals surface area contributed by atoms with Crippen molar-refractivity contribution in [3.8, 4) is 0 Å². The van der Waals surface area contributed by atoms with Crippen molar-refractivity contribution in [3.05, 3.63) is 40.7 Å². The van der Waals surface area contributed by atoms with Crippen LogP contribution in [0.4, 0.5) is 5.13 Å². The number of carbonyl (C=O) groups is 3. The molecule has 2 aliphatic heterocycles. The van der Waals surface area contributed by atoms with Crippen LogP contribution in [0.2, 0.25) is 0 Å². The van der Waals surface area contributed by atoms with Gasteiger partial charge in [-0.25, -0.2) is 14.3 Å². The molecule has 3 aromatic heterocycles. The number of nitrogens with two attached hydrogens (primary N) is 1. The van der Waals surface area contributed by atoms with Crippen LogP contribution < -0.4 is 15.6 Å². The number of fused-ring (bicyclic) bond motifs is 2. The van der Waals surface area contributed by atoms with Crippen LogP contribution in [0.1, 0.15) is 5.69 Å². The molecule has 2 amide bonds.